The summed E-state index contributed by atoms with van der Waals surface area (Å²) >= 11 is 3.36. The Morgan fingerprint density at radius 2 is 1.82 bits per heavy atom. The predicted molar refractivity (Wildman–Crippen MR) is 65.6 cm³/mol. The Balaban J connectivity index is 1.86. The van der Waals surface area contributed by atoms with Crippen LogP contribution in [0.15, 0.2) is 28.7 Å². The summed E-state index contributed by atoms with van der Waals surface area (Å²) in [6.45, 7) is 0.638. The van der Waals surface area contributed by atoms with E-state index in [2.05, 4.69) is 15.9 Å². The largest absolute Gasteiger partial charge is 0.491 e. The minimum absolute atomic E-state index is 0.106. The van der Waals surface area contributed by atoms with Crippen LogP contribution in [0.1, 0.15) is 12.8 Å². The number of imide groups is 1. The van der Waals surface area contributed by atoms with E-state index in [4.69, 9.17) is 4.74 Å². The predicted octanol–water partition coefficient (Wildman–Crippen LogP) is 1.98. The first-order chi connectivity index (χ1) is 8.18. The van der Waals surface area contributed by atoms with Crippen LogP contribution in [-0.2, 0) is 9.59 Å². The molecular weight excluding hydrogens is 286 g/mol. The van der Waals surface area contributed by atoms with Crippen LogP contribution in [0.3, 0.4) is 0 Å². The first-order valence-corrected chi connectivity index (χ1v) is 6.18. The normalized spacial score (nSPS) is 15.5. The van der Waals surface area contributed by atoms with Crippen molar-refractivity contribution in [3.8, 4) is 5.75 Å². The van der Waals surface area contributed by atoms with E-state index in [0.717, 1.165) is 4.47 Å². The molecular formula is C12H12BrNO3. The van der Waals surface area contributed by atoms with E-state index in [1.54, 1.807) is 0 Å². The summed E-state index contributed by atoms with van der Waals surface area (Å²) < 4.78 is 6.36. The second kappa shape index (κ2) is 5.31. The highest BCUT2D eigenvalue weighted by Crippen LogP contribution is 2.23. The van der Waals surface area contributed by atoms with Crippen molar-refractivity contribution in [1.82, 2.24) is 4.90 Å². The lowest BCUT2D eigenvalue weighted by molar-refractivity contribution is -0.138. The summed E-state index contributed by atoms with van der Waals surface area (Å²) in [6, 6.07) is 7.47. The Morgan fingerprint density at radius 3 is 2.47 bits per heavy atom. The zero-order chi connectivity index (χ0) is 12.3. The van der Waals surface area contributed by atoms with Gasteiger partial charge in [0.2, 0.25) is 11.8 Å². The first kappa shape index (κ1) is 12.1. The third-order valence-electron chi connectivity index (χ3n) is 2.56. The Bertz CT molecular complexity index is 431. The van der Waals surface area contributed by atoms with Crippen molar-refractivity contribution >= 4 is 27.7 Å². The van der Waals surface area contributed by atoms with Crippen LogP contribution in [0.5, 0.6) is 5.75 Å². The number of carbonyl (C=O) groups is 2. The second-order valence-electron chi connectivity index (χ2n) is 3.72. The molecule has 5 heteroatoms. The highest BCUT2D eigenvalue weighted by atomic mass is 79.9. The summed E-state index contributed by atoms with van der Waals surface area (Å²) in [5, 5.41) is 0. The molecule has 0 atom stereocenters. The monoisotopic (exact) mass is 297 g/mol. The highest BCUT2D eigenvalue weighted by Gasteiger charge is 2.28. The van der Waals surface area contributed by atoms with Crippen molar-refractivity contribution in [3.05, 3.63) is 28.7 Å². The van der Waals surface area contributed by atoms with Crippen LogP contribution in [0, 0.1) is 0 Å². The lowest BCUT2D eigenvalue weighted by Crippen LogP contribution is -2.33. The SMILES string of the molecule is O=C1CCC(=O)N1CCOc1ccccc1Br. The van der Waals surface area contributed by atoms with E-state index in [-0.39, 0.29) is 11.8 Å². The molecule has 0 radical (unpaired) electrons. The number of hydrogen-bond donors (Lipinski definition) is 0. The number of likely N-dealkylation sites (tertiary alicyclic amines) is 1. The number of ether oxygens (including phenoxy) is 1. The minimum atomic E-state index is -0.106. The topological polar surface area (TPSA) is 46.6 Å². The van der Waals surface area contributed by atoms with Gasteiger partial charge in [-0.15, -0.1) is 0 Å². The van der Waals surface area contributed by atoms with E-state index in [1.165, 1.54) is 4.90 Å². The summed E-state index contributed by atoms with van der Waals surface area (Å²) in [5.74, 6) is 0.503. The molecule has 1 heterocycles. The van der Waals surface area contributed by atoms with Crippen LogP contribution in [0.2, 0.25) is 0 Å². The van der Waals surface area contributed by atoms with Crippen molar-refractivity contribution in [2.45, 2.75) is 12.8 Å². The van der Waals surface area contributed by atoms with Crippen LogP contribution in [0.4, 0.5) is 0 Å². The van der Waals surface area contributed by atoms with Gasteiger partial charge in [0.1, 0.15) is 12.4 Å². The van der Waals surface area contributed by atoms with Gasteiger partial charge in [-0.25, -0.2) is 0 Å². The van der Waals surface area contributed by atoms with Gasteiger partial charge in [-0.05, 0) is 28.1 Å². The van der Waals surface area contributed by atoms with Gasteiger partial charge in [0.25, 0.3) is 0 Å². The van der Waals surface area contributed by atoms with E-state index in [0.29, 0.717) is 31.7 Å². The van der Waals surface area contributed by atoms with Gasteiger partial charge in [0.15, 0.2) is 0 Å². The molecule has 0 bridgehead atoms. The number of hydrogen-bond acceptors (Lipinski definition) is 3. The van der Waals surface area contributed by atoms with E-state index in [1.807, 2.05) is 24.3 Å². The van der Waals surface area contributed by atoms with Crippen molar-refractivity contribution in [1.29, 1.82) is 0 Å². The number of rotatable bonds is 4. The molecule has 2 amide bonds. The van der Waals surface area contributed by atoms with Gasteiger partial charge < -0.3 is 4.74 Å². The molecule has 17 heavy (non-hydrogen) atoms. The minimum Gasteiger partial charge on any atom is -0.491 e. The third-order valence-corrected chi connectivity index (χ3v) is 3.22. The fourth-order valence-electron chi connectivity index (χ4n) is 1.68. The fourth-order valence-corrected chi connectivity index (χ4v) is 2.08. The molecule has 1 aliphatic heterocycles. The number of carbonyl (C=O) groups excluding carboxylic acids is 2. The molecule has 1 aromatic rings. The number of nitrogens with zero attached hydrogens (tertiary/aromatic N) is 1. The third kappa shape index (κ3) is 2.85. The summed E-state index contributed by atoms with van der Waals surface area (Å²) in [5.41, 5.74) is 0. The molecule has 1 fully saturated rings. The van der Waals surface area contributed by atoms with Crippen LogP contribution < -0.4 is 4.74 Å². The number of benzene rings is 1. The molecule has 0 aliphatic carbocycles. The number of amides is 2. The van der Waals surface area contributed by atoms with Crippen molar-refractivity contribution in [2.24, 2.45) is 0 Å². The average Bonchev–Trinajstić information content (AvgIpc) is 2.63. The molecule has 90 valence electrons. The van der Waals surface area contributed by atoms with Gasteiger partial charge >= 0.3 is 0 Å². The molecule has 0 saturated carbocycles. The van der Waals surface area contributed by atoms with Gasteiger partial charge in [-0.1, -0.05) is 12.1 Å². The lowest BCUT2D eigenvalue weighted by Gasteiger charge is -2.14. The van der Waals surface area contributed by atoms with Crippen LogP contribution in [-0.4, -0.2) is 29.9 Å². The lowest BCUT2D eigenvalue weighted by atomic mass is 10.3. The zero-order valence-corrected chi connectivity index (χ0v) is 10.8. The molecule has 1 aliphatic rings. The Labute approximate surface area is 108 Å². The van der Waals surface area contributed by atoms with Crippen LogP contribution in [0.25, 0.3) is 0 Å². The Kier molecular flexibility index (Phi) is 3.78. The van der Waals surface area contributed by atoms with E-state index >= 15 is 0 Å². The number of para-hydroxylation sites is 1. The standard InChI is InChI=1S/C12H12BrNO3/c13-9-3-1-2-4-10(9)17-8-7-14-11(15)5-6-12(14)16/h1-4H,5-8H2. The van der Waals surface area contributed by atoms with Crippen LogP contribution >= 0.6 is 15.9 Å². The molecule has 4 nitrogen and oxygen atoms in total. The van der Waals surface area contributed by atoms with E-state index in [9.17, 15) is 9.59 Å². The highest BCUT2D eigenvalue weighted by molar-refractivity contribution is 9.10. The number of halogens is 1. The van der Waals surface area contributed by atoms with Crippen molar-refractivity contribution < 1.29 is 14.3 Å². The zero-order valence-electron chi connectivity index (χ0n) is 9.19. The van der Waals surface area contributed by atoms with Gasteiger partial charge in [0, 0.05) is 12.8 Å². The maximum absolute atomic E-state index is 11.3. The molecule has 0 aromatic heterocycles. The van der Waals surface area contributed by atoms with Gasteiger partial charge in [0.05, 0.1) is 11.0 Å². The summed E-state index contributed by atoms with van der Waals surface area (Å²) in [4.78, 5) is 23.9. The fraction of sp³-hybridized carbons (Fsp3) is 0.333. The summed E-state index contributed by atoms with van der Waals surface area (Å²) in [7, 11) is 0. The van der Waals surface area contributed by atoms with Gasteiger partial charge in [-0.2, -0.15) is 0 Å². The Hall–Kier alpha value is -1.36. The second-order valence-corrected chi connectivity index (χ2v) is 4.57. The summed E-state index contributed by atoms with van der Waals surface area (Å²) in [6.07, 6.45) is 0.654. The van der Waals surface area contributed by atoms with Crippen molar-refractivity contribution in [2.75, 3.05) is 13.2 Å². The molecule has 1 saturated heterocycles. The molecule has 1 aromatic carbocycles. The molecule has 0 spiro atoms. The molecule has 0 N–H and O–H groups in total. The molecule has 2 rings (SSSR count). The first-order valence-electron chi connectivity index (χ1n) is 5.39. The van der Waals surface area contributed by atoms with E-state index < -0.39 is 0 Å². The molecule has 0 unspecified atom stereocenters. The average molecular weight is 298 g/mol. The van der Waals surface area contributed by atoms with Gasteiger partial charge in [-0.3, -0.25) is 14.5 Å². The maximum Gasteiger partial charge on any atom is 0.229 e. The smallest absolute Gasteiger partial charge is 0.229 e. The van der Waals surface area contributed by atoms with Crippen molar-refractivity contribution in [3.63, 3.8) is 0 Å². The maximum atomic E-state index is 11.3. The quantitative estimate of drug-likeness (QED) is 0.799. The Morgan fingerprint density at radius 1 is 1.18 bits per heavy atom.